The average Bonchev–Trinajstić information content (AvgIpc) is 2.59. The van der Waals surface area contributed by atoms with Crippen molar-refractivity contribution in [1.29, 1.82) is 5.41 Å². The van der Waals surface area contributed by atoms with Gasteiger partial charge in [0.25, 0.3) is 0 Å². The van der Waals surface area contributed by atoms with Gasteiger partial charge < -0.3 is 21.4 Å². The van der Waals surface area contributed by atoms with Gasteiger partial charge in [-0.1, -0.05) is 0 Å². The first-order valence-corrected chi connectivity index (χ1v) is 8.52. The Labute approximate surface area is 147 Å². The fourth-order valence-electron chi connectivity index (χ4n) is 2.75. The molecule has 1 unspecified atom stereocenters. The number of rotatable bonds is 6. The van der Waals surface area contributed by atoms with E-state index in [1.807, 2.05) is 11.8 Å². The summed E-state index contributed by atoms with van der Waals surface area (Å²) in [7, 11) is 0. The highest BCUT2D eigenvalue weighted by Crippen LogP contribution is 2.19. The Hall–Kier alpha value is -1.86. The average molecular weight is 353 g/mol. The molecule has 132 valence electrons. The van der Waals surface area contributed by atoms with Gasteiger partial charge >= 0.3 is 0 Å². The lowest BCUT2D eigenvalue weighted by Gasteiger charge is -2.39. The first-order chi connectivity index (χ1) is 11.4. The van der Waals surface area contributed by atoms with Gasteiger partial charge in [-0.05, 0) is 19.9 Å². The SMILES string of the molecule is CC(Cl)[C@H](C)N1CCN(C(=O)CNc2c(C=N)ccnc2N)CC1. The molecule has 2 heterocycles. The summed E-state index contributed by atoms with van der Waals surface area (Å²) in [5.74, 6) is 0.305. The van der Waals surface area contributed by atoms with E-state index in [0.717, 1.165) is 13.1 Å². The maximum absolute atomic E-state index is 12.4. The number of pyridine rings is 1. The van der Waals surface area contributed by atoms with Crippen molar-refractivity contribution in [2.45, 2.75) is 25.3 Å². The van der Waals surface area contributed by atoms with Crippen molar-refractivity contribution in [2.75, 3.05) is 43.8 Å². The minimum atomic E-state index is 0.0143. The smallest absolute Gasteiger partial charge is 0.241 e. The number of aromatic nitrogens is 1. The van der Waals surface area contributed by atoms with Crippen LogP contribution in [0.25, 0.3) is 0 Å². The van der Waals surface area contributed by atoms with Crippen LogP contribution < -0.4 is 11.1 Å². The number of alkyl halides is 1. The normalized spacial score (nSPS) is 18.0. The number of piperazine rings is 1. The van der Waals surface area contributed by atoms with E-state index >= 15 is 0 Å². The van der Waals surface area contributed by atoms with Gasteiger partial charge in [-0.25, -0.2) is 4.98 Å². The minimum absolute atomic E-state index is 0.0143. The minimum Gasteiger partial charge on any atom is -0.382 e. The molecule has 0 bridgehead atoms. The van der Waals surface area contributed by atoms with E-state index in [9.17, 15) is 4.79 Å². The molecule has 2 rings (SSSR count). The molecule has 1 fully saturated rings. The van der Waals surface area contributed by atoms with Crippen LogP contribution in [-0.2, 0) is 4.79 Å². The Balaban J connectivity index is 1.88. The van der Waals surface area contributed by atoms with Crippen LogP contribution in [0.1, 0.15) is 19.4 Å². The second-order valence-corrected chi connectivity index (χ2v) is 6.68. The second kappa shape index (κ2) is 8.30. The number of halogens is 1. The number of anilines is 2. The number of nitrogens with two attached hydrogens (primary N) is 1. The molecular formula is C16H25ClN6O. The Morgan fingerprint density at radius 1 is 1.46 bits per heavy atom. The van der Waals surface area contributed by atoms with Crippen molar-refractivity contribution < 1.29 is 4.79 Å². The number of amides is 1. The molecule has 8 heteroatoms. The quantitative estimate of drug-likeness (QED) is 0.528. The van der Waals surface area contributed by atoms with E-state index in [2.05, 4.69) is 22.1 Å². The molecule has 4 N–H and O–H groups in total. The Kier molecular flexibility index (Phi) is 6.39. The van der Waals surface area contributed by atoms with Gasteiger partial charge in [0.1, 0.15) is 5.82 Å². The number of nitrogen functional groups attached to an aromatic ring is 1. The zero-order valence-electron chi connectivity index (χ0n) is 14.1. The van der Waals surface area contributed by atoms with Gasteiger partial charge in [0.05, 0.1) is 12.2 Å². The second-order valence-electron chi connectivity index (χ2n) is 5.99. The highest BCUT2D eigenvalue weighted by molar-refractivity contribution is 6.20. The van der Waals surface area contributed by atoms with Crippen LogP contribution >= 0.6 is 11.6 Å². The standard InChI is InChI=1S/C16H25ClN6O/c1-11(17)12(2)22-5-7-23(8-6-22)14(24)10-21-15-13(9-18)3-4-20-16(15)19/h3-4,9,11-12,18,21H,5-8,10H2,1-2H3,(H2,19,20)/t11?,12-/m0/s1. The summed E-state index contributed by atoms with van der Waals surface area (Å²) in [6.45, 7) is 7.27. The first kappa shape index (κ1) is 18.5. The largest absolute Gasteiger partial charge is 0.382 e. The molecule has 0 aliphatic carbocycles. The van der Waals surface area contributed by atoms with Crippen LogP contribution in [0.4, 0.5) is 11.5 Å². The van der Waals surface area contributed by atoms with Crippen LogP contribution in [0.3, 0.4) is 0 Å². The highest BCUT2D eigenvalue weighted by atomic mass is 35.5. The maximum atomic E-state index is 12.4. The molecule has 2 atom stereocenters. The van der Waals surface area contributed by atoms with Crippen molar-refractivity contribution in [1.82, 2.24) is 14.8 Å². The molecule has 0 radical (unpaired) electrons. The molecule has 1 saturated heterocycles. The third kappa shape index (κ3) is 4.36. The van der Waals surface area contributed by atoms with Crippen molar-refractivity contribution >= 4 is 35.2 Å². The summed E-state index contributed by atoms with van der Waals surface area (Å²) in [6.07, 6.45) is 2.74. The molecule has 1 aromatic heterocycles. The monoisotopic (exact) mass is 352 g/mol. The number of hydrogen-bond donors (Lipinski definition) is 3. The van der Waals surface area contributed by atoms with Crippen molar-refractivity contribution in [3.05, 3.63) is 17.8 Å². The van der Waals surface area contributed by atoms with Gasteiger partial charge in [0.15, 0.2) is 0 Å². The van der Waals surface area contributed by atoms with Crippen LogP contribution in [0.15, 0.2) is 12.3 Å². The molecule has 0 saturated carbocycles. The fourth-order valence-corrected chi connectivity index (χ4v) is 2.91. The van der Waals surface area contributed by atoms with Crippen LogP contribution in [0.2, 0.25) is 0 Å². The Morgan fingerprint density at radius 2 is 2.12 bits per heavy atom. The number of carbonyl (C=O) groups excluding carboxylic acids is 1. The molecule has 1 aliphatic heterocycles. The maximum Gasteiger partial charge on any atom is 0.241 e. The molecule has 1 aliphatic rings. The van der Waals surface area contributed by atoms with Crippen LogP contribution in [-0.4, -0.2) is 71.0 Å². The Bertz CT molecular complexity index is 586. The summed E-state index contributed by atoms with van der Waals surface area (Å²) < 4.78 is 0. The first-order valence-electron chi connectivity index (χ1n) is 8.08. The van der Waals surface area contributed by atoms with Gasteiger partial charge in [-0.15, -0.1) is 11.6 Å². The summed E-state index contributed by atoms with van der Waals surface area (Å²) >= 11 is 6.15. The lowest BCUT2D eigenvalue weighted by molar-refractivity contribution is -0.131. The fraction of sp³-hybridized carbons (Fsp3) is 0.562. The zero-order chi connectivity index (χ0) is 17.7. The number of nitrogens with one attached hydrogen (secondary N) is 2. The van der Waals surface area contributed by atoms with E-state index in [0.29, 0.717) is 36.2 Å². The van der Waals surface area contributed by atoms with E-state index in [1.165, 1.54) is 6.21 Å². The van der Waals surface area contributed by atoms with E-state index in [-0.39, 0.29) is 17.8 Å². The van der Waals surface area contributed by atoms with Crippen LogP contribution in [0, 0.1) is 5.41 Å². The van der Waals surface area contributed by atoms with Crippen molar-refractivity contribution in [3.63, 3.8) is 0 Å². The third-order valence-corrected chi connectivity index (χ3v) is 4.86. The molecule has 1 amide bonds. The van der Waals surface area contributed by atoms with Crippen LogP contribution in [0.5, 0.6) is 0 Å². The molecule has 0 spiro atoms. The number of carbonyl (C=O) groups is 1. The van der Waals surface area contributed by atoms with Crippen molar-refractivity contribution in [3.8, 4) is 0 Å². The van der Waals surface area contributed by atoms with E-state index in [1.54, 1.807) is 12.3 Å². The van der Waals surface area contributed by atoms with Crippen molar-refractivity contribution in [2.24, 2.45) is 0 Å². The predicted octanol–water partition coefficient (Wildman–Crippen LogP) is 1.23. The number of nitrogens with zero attached hydrogens (tertiary/aromatic N) is 3. The lowest BCUT2D eigenvalue weighted by atomic mass is 10.2. The van der Waals surface area contributed by atoms with Gasteiger partial charge in [0.2, 0.25) is 5.91 Å². The zero-order valence-corrected chi connectivity index (χ0v) is 14.9. The Morgan fingerprint density at radius 3 is 2.71 bits per heavy atom. The third-order valence-electron chi connectivity index (χ3n) is 4.49. The van der Waals surface area contributed by atoms with Gasteiger partial charge in [-0.3, -0.25) is 9.69 Å². The molecule has 24 heavy (non-hydrogen) atoms. The summed E-state index contributed by atoms with van der Waals surface area (Å²) in [4.78, 5) is 20.5. The lowest BCUT2D eigenvalue weighted by Crippen LogP contribution is -2.53. The van der Waals surface area contributed by atoms with E-state index in [4.69, 9.17) is 22.7 Å². The van der Waals surface area contributed by atoms with Gasteiger partial charge in [-0.2, -0.15) is 0 Å². The summed E-state index contributed by atoms with van der Waals surface area (Å²) in [5.41, 5.74) is 6.97. The number of hydrogen-bond acceptors (Lipinski definition) is 6. The molecule has 7 nitrogen and oxygen atoms in total. The molecular weight excluding hydrogens is 328 g/mol. The molecule has 0 aromatic carbocycles. The summed E-state index contributed by atoms with van der Waals surface area (Å²) in [6, 6.07) is 1.98. The van der Waals surface area contributed by atoms with E-state index < -0.39 is 0 Å². The summed E-state index contributed by atoms with van der Waals surface area (Å²) in [5, 5.41) is 10.5. The van der Waals surface area contributed by atoms with Gasteiger partial charge in [0, 0.05) is 55.6 Å². The predicted molar refractivity (Wildman–Crippen MR) is 98.0 cm³/mol. The molecule has 1 aromatic rings. The highest BCUT2D eigenvalue weighted by Gasteiger charge is 2.25. The topological polar surface area (TPSA) is 98.3 Å².